The van der Waals surface area contributed by atoms with Crippen LogP contribution in [0.5, 0.6) is 0 Å². The van der Waals surface area contributed by atoms with Crippen molar-refractivity contribution in [3.63, 3.8) is 0 Å². The maximum Gasteiger partial charge on any atom is 0.228 e. The number of hydrogen-bond donors (Lipinski definition) is 2. The van der Waals surface area contributed by atoms with Crippen molar-refractivity contribution in [1.82, 2.24) is 15.0 Å². The second-order valence-corrected chi connectivity index (χ2v) is 7.02. The Morgan fingerprint density at radius 3 is 2.50 bits per heavy atom. The molecule has 0 aliphatic heterocycles. The molecule has 0 unspecified atom stereocenters. The average Bonchev–Trinajstić information content (AvgIpc) is 2.98. The highest BCUT2D eigenvalue weighted by Gasteiger charge is 2.23. The van der Waals surface area contributed by atoms with Gasteiger partial charge in [-0.3, -0.25) is 0 Å². The number of thiophene rings is 1. The van der Waals surface area contributed by atoms with Crippen LogP contribution in [0.3, 0.4) is 0 Å². The molecule has 106 valence electrons. The first kappa shape index (κ1) is 13.3. The lowest BCUT2D eigenvalue weighted by molar-refractivity contribution is 0.625. The molecule has 1 saturated carbocycles. The van der Waals surface area contributed by atoms with Crippen LogP contribution in [0, 0.1) is 0 Å². The van der Waals surface area contributed by atoms with E-state index < -0.39 is 0 Å². The predicted octanol–water partition coefficient (Wildman–Crippen LogP) is 3.38. The lowest BCUT2D eigenvalue weighted by atomic mass is 10.1. The maximum atomic E-state index is 4.53. The van der Waals surface area contributed by atoms with E-state index in [2.05, 4.69) is 46.4 Å². The molecule has 0 atom stereocenters. The minimum atomic E-state index is -0.0784. The smallest absolute Gasteiger partial charge is 0.228 e. The summed E-state index contributed by atoms with van der Waals surface area (Å²) >= 11 is 1.64. The molecule has 0 spiro atoms. The Kier molecular flexibility index (Phi) is 3.33. The molecule has 20 heavy (non-hydrogen) atoms. The molecular weight excluding hydrogens is 270 g/mol. The van der Waals surface area contributed by atoms with E-state index in [1.54, 1.807) is 11.3 Å². The molecule has 6 heteroatoms. The average molecular weight is 289 g/mol. The third-order valence-corrected chi connectivity index (χ3v) is 3.64. The van der Waals surface area contributed by atoms with Crippen LogP contribution < -0.4 is 10.6 Å². The monoisotopic (exact) mass is 289 g/mol. The molecule has 0 aromatic carbocycles. The van der Waals surface area contributed by atoms with Crippen molar-refractivity contribution in [2.24, 2.45) is 0 Å². The summed E-state index contributed by atoms with van der Waals surface area (Å²) in [6, 6.07) is 4.56. The molecular formula is C14H19N5S. The molecule has 1 fully saturated rings. The van der Waals surface area contributed by atoms with Crippen molar-refractivity contribution in [2.45, 2.75) is 45.2 Å². The highest BCUT2D eigenvalue weighted by Crippen LogP contribution is 2.27. The van der Waals surface area contributed by atoms with Gasteiger partial charge >= 0.3 is 0 Å². The first-order valence-electron chi connectivity index (χ1n) is 6.84. The van der Waals surface area contributed by atoms with Gasteiger partial charge in [0.1, 0.15) is 0 Å². The van der Waals surface area contributed by atoms with Crippen LogP contribution in [-0.2, 0) is 0 Å². The molecule has 2 heterocycles. The maximum absolute atomic E-state index is 4.53. The van der Waals surface area contributed by atoms with Crippen molar-refractivity contribution in [3.05, 3.63) is 17.5 Å². The number of anilines is 2. The van der Waals surface area contributed by atoms with Crippen molar-refractivity contribution >= 4 is 23.2 Å². The third-order valence-electron chi connectivity index (χ3n) is 2.77. The van der Waals surface area contributed by atoms with E-state index in [9.17, 15) is 0 Å². The van der Waals surface area contributed by atoms with E-state index in [1.807, 2.05) is 17.5 Å². The lowest BCUT2D eigenvalue weighted by Gasteiger charge is -2.21. The van der Waals surface area contributed by atoms with Gasteiger partial charge in [0.15, 0.2) is 5.82 Å². The van der Waals surface area contributed by atoms with Crippen molar-refractivity contribution < 1.29 is 0 Å². The minimum Gasteiger partial charge on any atom is -0.351 e. The summed E-state index contributed by atoms with van der Waals surface area (Å²) in [6.45, 7) is 6.28. The standard InChI is InChI=1S/C14H19N5S/c1-14(2,3)19-13-17-11(10-5-4-8-20-10)16-12(18-13)15-9-6-7-9/h4-5,8-9H,6-7H2,1-3H3,(H2,15,16,17,18,19). The van der Waals surface area contributed by atoms with Crippen LogP contribution in [0.2, 0.25) is 0 Å². The van der Waals surface area contributed by atoms with Crippen LogP contribution in [0.25, 0.3) is 10.7 Å². The van der Waals surface area contributed by atoms with E-state index >= 15 is 0 Å². The summed E-state index contributed by atoms with van der Waals surface area (Å²) in [5.74, 6) is 2.02. The van der Waals surface area contributed by atoms with Crippen molar-refractivity contribution in [3.8, 4) is 10.7 Å². The van der Waals surface area contributed by atoms with Crippen LogP contribution in [0.15, 0.2) is 17.5 Å². The first-order chi connectivity index (χ1) is 9.49. The molecule has 2 aromatic heterocycles. The van der Waals surface area contributed by atoms with Crippen molar-refractivity contribution in [1.29, 1.82) is 0 Å². The SMILES string of the molecule is CC(C)(C)Nc1nc(NC2CC2)nc(-c2cccs2)n1. The fourth-order valence-electron chi connectivity index (χ4n) is 1.76. The fraction of sp³-hybridized carbons (Fsp3) is 0.500. The van der Waals surface area contributed by atoms with Gasteiger partial charge in [0.2, 0.25) is 11.9 Å². The second kappa shape index (κ2) is 5.01. The quantitative estimate of drug-likeness (QED) is 0.903. The zero-order valence-corrected chi connectivity index (χ0v) is 12.8. The third kappa shape index (κ3) is 3.45. The zero-order chi connectivity index (χ0) is 14.2. The Morgan fingerprint density at radius 1 is 1.15 bits per heavy atom. The molecule has 2 aromatic rings. The van der Waals surface area contributed by atoms with Crippen LogP contribution in [0.1, 0.15) is 33.6 Å². The Balaban J connectivity index is 1.93. The Bertz CT molecular complexity index is 584. The molecule has 5 nitrogen and oxygen atoms in total. The number of nitrogens with zero attached hydrogens (tertiary/aromatic N) is 3. The summed E-state index contributed by atoms with van der Waals surface area (Å²) in [5, 5.41) is 8.70. The Hall–Kier alpha value is -1.69. The molecule has 3 rings (SSSR count). The molecule has 0 radical (unpaired) electrons. The Labute approximate surface area is 122 Å². The van der Waals surface area contributed by atoms with Crippen LogP contribution >= 0.6 is 11.3 Å². The highest BCUT2D eigenvalue weighted by atomic mass is 32.1. The number of nitrogens with one attached hydrogen (secondary N) is 2. The molecule has 1 aliphatic carbocycles. The summed E-state index contributed by atoms with van der Waals surface area (Å²) < 4.78 is 0. The lowest BCUT2D eigenvalue weighted by Crippen LogP contribution is -2.28. The summed E-state index contributed by atoms with van der Waals surface area (Å²) in [5.41, 5.74) is -0.0784. The Morgan fingerprint density at radius 2 is 1.90 bits per heavy atom. The number of aromatic nitrogens is 3. The number of hydrogen-bond acceptors (Lipinski definition) is 6. The summed E-state index contributed by atoms with van der Waals surface area (Å²) in [7, 11) is 0. The van der Waals surface area contributed by atoms with Crippen molar-refractivity contribution in [2.75, 3.05) is 10.6 Å². The normalized spacial score (nSPS) is 15.2. The number of rotatable bonds is 4. The van der Waals surface area contributed by atoms with Gasteiger partial charge in [-0.1, -0.05) is 6.07 Å². The predicted molar refractivity (Wildman–Crippen MR) is 83.2 cm³/mol. The van der Waals surface area contributed by atoms with Gasteiger partial charge in [-0.15, -0.1) is 11.3 Å². The minimum absolute atomic E-state index is 0.0784. The van der Waals surface area contributed by atoms with Gasteiger partial charge in [0.05, 0.1) is 4.88 Å². The fourth-order valence-corrected chi connectivity index (χ4v) is 2.42. The highest BCUT2D eigenvalue weighted by molar-refractivity contribution is 7.13. The van der Waals surface area contributed by atoms with Crippen LogP contribution in [0.4, 0.5) is 11.9 Å². The van der Waals surface area contributed by atoms with Gasteiger partial charge < -0.3 is 10.6 Å². The summed E-state index contributed by atoms with van der Waals surface area (Å²) in [6.07, 6.45) is 2.39. The molecule has 2 N–H and O–H groups in total. The largest absolute Gasteiger partial charge is 0.351 e. The van der Waals surface area contributed by atoms with Gasteiger partial charge in [0, 0.05) is 11.6 Å². The second-order valence-electron chi connectivity index (χ2n) is 6.08. The van der Waals surface area contributed by atoms with E-state index in [1.165, 1.54) is 12.8 Å². The summed E-state index contributed by atoms with van der Waals surface area (Å²) in [4.78, 5) is 14.6. The molecule has 0 amide bonds. The van der Waals surface area contributed by atoms with Crippen LogP contribution in [-0.4, -0.2) is 26.5 Å². The van der Waals surface area contributed by atoms with Gasteiger partial charge in [-0.25, -0.2) is 0 Å². The van der Waals surface area contributed by atoms with E-state index in [0.29, 0.717) is 17.9 Å². The zero-order valence-electron chi connectivity index (χ0n) is 12.0. The molecule has 0 bridgehead atoms. The van der Waals surface area contributed by atoms with Gasteiger partial charge in [-0.2, -0.15) is 15.0 Å². The van der Waals surface area contributed by atoms with Gasteiger partial charge in [0.25, 0.3) is 0 Å². The topological polar surface area (TPSA) is 62.7 Å². The van der Waals surface area contributed by atoms with E-state index in [-0.39, 0.29) is 5.54 Å². The van der Waals surface area contributed by atoms with E-state index in [0.717, 1.165) is 10.7 Å². The first-order valence-corrected chi connectivity index (χ1v) is 7.72. The van der Waals surface area contributed by atoms with Gasteiger partial charge in [-0.05, 0) is 45.1 Å². The molecule has 0 saturated heterocycles. The molecule has 1 aliphatic rings. The van der Waals surface area contributed by atoms with E-state index in [4.69, 9.17) is 0 Å².